The van der Waals surface area contributed by atoms with Crippen LogP contribution in [0, 0.1) is 35.5 Å². The first-order chi connectivity index (χ1) is 31.8. The van der Waals surface area contributed by atoms with Gasteiger partial charge in [-0.2, -0.15) is 0 Å². The molecule has 0 aromatic heterocycles. The summed E-state index contributed by atoms with van der Waals surface area (Å²) in [6.07, 6.45) is 11.4. The van der Waals surface area contributed by atoms with Gasteiger partial charge < -0.3 is 48.3 Å². The van der Waals surface area contributed by atoms with Gasteiger partial charge in [0.05, 0.1) is 24.4 Å². The van der Waals surface area contributed by atoms with Gasteiger partial charge in [-0.3, -0.25) is 14.4 Å². The van der Waals surface area contributed by atoms with Crippen molar-refractivity contribution in [1.82, 2.24) is 4.90 Å². The molecule has 4 heterocycles. The fourth-order valence-electron chi connectivity index (χ4n) is 10.8. The van der Waals surface area contributed by atoms with E-state index < -0.39 is 90.2 Å². The van der Waals surface area contributed by atoms with E-state index in [0.29, 0.717) is 63.4 Å². The van der Waals surface area contributed by atoms with Crippen molar-refractivity contribution in [2.75, 3.05) is 27.9 Å². The number of amides is 1. The molecule has 4 aliphatic heterocycles. The number of piperidine rings is 1. The Morgan fingerprint density at radius 2 is 1.58 bits per heavy atom. The Bertz CT molecular complexity index is 1840. The van der Waals surface area contributed by atoms with Gasteiger partial charge in [-0.15, -0.1) is 0 Å². The van der Waals surface area contributed by atoms with Gasteiger partial charge in [0.25, 0.3) is 11.7 Å². The lowest BCUT2D eigenvalue weighted by atomic mass is 9.78. The number of nitrogens with zero attached hydrogens (tertiary/aromatic N) is 1. The van der Waals surface area contributed by atoms with Crippen LogP contribution in [0.25, 0.3) is 0 Å². The molecule has 15 nitrogen and oxygen atoms in total. The number of carbonyl (C=O) groups excluding carboxylic acids is 5. The second-order valence-corrected chi connectivity index (χ2v) is 20.2. The van der Waals surface area contributed by atoms with E-state index >= 15 is 0 Å². The fraction of sp³-hybridized carbons (Fsp3) is 0.750. The van der Waals surface area contributed by atoms with Crippen LogP contribution in [0.5, 0.6) is 0 Å². The Kier molecular flexibility index (Phi) is 20.0. The Morgan fingerprint density at radius 1 is 0.836 bits per heavy atom. The molecule has 4 bridgehead atoms. The van der Waals surface area contributed by atoms with Gasteiger partial charge in [-0.1, -0.05) is 71.1 Å². The summed E-state index contributed by atoms with van der Waals surface area (Å²) in [6, 6.07) is -1.13. The summed E-state index contributed by atoms with van der Waals surface area (Å²) in [4.78, 5) is 71.4. The molecule has 3 saturated heterocycles. The van der Waals surface area contributed by atoms with E-state index in [0.717, 1.165) is 12.0 Å². The third-order valence-corrected chi connectivity index (χ3v) is 15.1. The van der Waals surface area contributed by atoms with Crippen LogP contribution in [-0.2, 0) is 52.3 Å². The summed E-state index contributed by atoms with van der Waals surface area (Å²) in [5, 5.41) is 22.5. The Balaban J connectivity index is 1.49. The number of esters is 1. The SMILES string of the molecule is CO[C@H]1[C@H]2OC(=O)O[C@@H]1/C(C)=C/[C@@H](C)C(=O)C[C@@H]([C@H](C)C[C@@H]1CC[C@@H](O)[C@H](OC)C1)OC(=O)C1CCCCN1C(=O)C(=O)[C@]1(O)OC(CC[C@H]1C)C[C@H](OC)/C(C)=C/C=C/C=C/[C@@H](C)C[C@H]2C. The number of Topliss-reactive ketones (excluding diaryl/α,β-unsaturated/α-hetero) is 2. The lowest BCUT2D eigenvalue weighted by Crippen LogP contribution is -2.61. The highest BCUT2D eigenvalue weighted by Gasteiger charge is 2.53. The van der Waals surface area contributed by atoms with E-state index in [1.807, 2.05) is 45.1 Å². The van der Waals surface area contributed by atoms with Gasteiger partial charge in [0.15, 0.2) is 6.10 Å². The first kappa shape index (κ1) is 54.2. The number of aliphatic hydroxyl groups is 2. The second kappa shape index (κ2) is 24.7. The summed E-state index contributed by atoms with van der Waals surface area (Å²) in [5.74, 6) is -7.13. The summed E-state index contributed by atoms with van der Waals surface area (Å²) < 4.78 is 41.4. The molecule has 1 aliphatic carbocycles. The molecular weight excluding hydrogens is 863 g/mol. The zero-order valence-corrected chi connectivity index (χ0v) is 41.6. The van der Waals surface area contributed by atoms with Crippen molar-refractivity contribution in [2.24, 2.45) is 35.5 Å². The standard InChI is InChI=1S/C52H79NO14/c1-30-16-12-11-13-17-31(2)42(61-8)28-38-21-19-36(7)52(60,67-38)48(56)49(57)53-23-15-14-18-39(53)50(58)64-43(33(4)26-37-20-22-40(54)44(27-37)62-9)29-41(55)32(3)25-35(6)46-47(63-10)45(34(5)24-30)65-51(59)66-46/h11-13,16-17,25,30,32-34,36-40,42-47,54,60H,14-15,18-24,26-29H2,1-10H3/b13-11+,16-12+,31-17+,35-25+/t30-,32-,33-,34-,36-,37+,38?,39?,40-,42+,43+,44-,45+,46-,47+,52-/m1/s1. The van der Waals surface area contributed by atoms with Gasteiger partial charge in [0, 0.05) is 52.6 Å². The first-order valence-corrected chi connectivity index (χ1v) is 24.6. The molecule has 0 radical (unpaired) electrons. The summed E-state index contributed by atoms with van der Waals surface area (Å²) in [6.45, 7) is 13.3. The van der Waals surface area contributed by atoms with Crippen molar-refractivity contribution >= 4 is 29.6 Å². The highest BCUT2D eigenvalue weighted by molar-refractivity contribution is 6.39. The molecule has 15 heteroatoms. The Hall–Kier alpha value is -3.73. The molecule has 1 saturated carbocycles. The minimum atomic E-state index is -2.42. The van der Waals surface area contributed by atoms with Crippen LogP contribution in [0.15, 0.2) is 47.6 Å². The third kappa shape index (κ3) is 13.7. The smallest absolute Gasteiger partial charge is 0.460 e. The molecule has 4 fully saturated rings. The number of fused-ring (bicyclic) bond motifs is 5. The number of cyclic esters (lactones) is 1. The number of ketones is 2. The minimum absolute atomic E-state index is 0.0948. The number of rotatable bonds is 6. The van der Waals surface area contributed by atoms with Crippen LogP contribution in [0.4, 0.5) is 4.79 Å². The number of aliphatic hydroxyl groups excluding tert-OH is 1. The van der Waals surface area contributed by atoms with Crippen molar-refractivity contribution in [1.29, 1.82) is 0 Å². The normalized spacial score (nSPS) is 41.3. The molecule has 0 spiro atoms. The lowest BCUT2D eigenvalue weighted by Gasteiger charge is -2.42. The topological polar surface area (TPSA) is 194 Å². The molecule has 2 unspecified atom stereocenters. The number of methoxy groups -OCH3 is 3. The van der Waals surface area contributed by atoms with Gasteiger partial charge >= 0.3 is 12.1 Å². The molecule has 2 N–H and O–H groups in total. The van der Waals surface area contributed by atoms with E-state index in [4.69, 9.17) is 33.2 Å². The quantitative estimate of drug-likeness (QED) is 0.155. The van der Waals surface area contributed by atoms with Crippen LogP contribution in [-0.4, -0.2) is 133 Å². The van der Waals surface area contributed by atoms with Crippen molar-refractivity contribution in [3.05, 3.63) is 47.6 Å². The predicted octanol–water partition coefficient (Wildman–Crippen LogP) is 7.15. The largest absolute Gasteiger partial charge is 0.509 e. The maximum atomic E-state index is 14.4. The van der Waals surface area contributed by atoms with E-state index in [2.05, 4.69) is 13.0 Å². The molecule has 376 valence electrons. The highest BCUT2D eigenvalue weighted by atomic mass is 16.8. The second-order valence-electron chi connectivity index (χ2n) is 20.2. The lowest BCUT2D eigenvalue weighted by molar-refractivity contribution is -0.265. The van der Waals surface area contributed by atoms with Gasteiger partial charge in [0.1, 0.15) is 30.1 Å². The maximum Gasteiger partial charge on any atom is 0.509 e. The molecule has 16 atom stereocenters. The number of hydrogen-bond donors (Lipinski definition) is 2. The van der Waals surface area contributed by atoms with Crippen molar-refractivity contribution in [3.63, 3.8) is 0 Å². The number of hydrogen-bond acceptors (Lipinski definition) is 14. The number of carbonyl (C=O) groups is 5. The molecular formula is C52H79NO14. The van der Waals surface area contributed by atoms with E-state index in [-0.39, 0.29) is 54.9 Å². The highest BCUT2D eigenvalue weighted by Crippen LogP contribution is 2.38. The van der Waals surface area contributed by atoms with Crippen LogP contribution in [0.1, 0.15) is 126 Å². The van der Waals surface area contributed by atoms with Gasteiger partial charge in [-0.05, 0) is 113 Å². The van der Waals surface area contributed by atoms with E-state index in [1.54, 1.807) is 48.2 Å². The number of ether oxygens (including phenoxy) is 7. The van der Waals surface area contributed by atoms with Crippen molar-refractivity contribution in [3.8, 4) is 0 Å². The maximum absolute atomic E-state index is 14.4. The Morgan fingerprint density at radius 3 is 2.28 bits per heavy atom. The minimum Gasteiger partial charge on any atom is -0.460 e. The molecule has 5 rings (SSSR count). The zero-order valence-electron chi connectivity index (χ0n) is 41.6. The average molecular weight is 942 g/mol. The van der Waals surface area contributed by atoms with Gasteiger partial charge in [0.2, 0.25) is 5.79 Å². The van der Waals surface area contributed by atoms with E-state index in [9.17, 15) is 34.2 Å². The van der Waals surface area contributed by atoms with Crippen LogP contribution in [0.2, 0.25) is 0 Å². The monoisotopic (exact) mass is 942 g/mol. The summed E-state index contributed by atoms with van der Waals surface area (Å²) in [5.41, 5.74) is 1.51. The molecule has 67 heavy (non-hydrogen) atoms. The van der Waals surface area contributed by atoms with Crippen molar-refractivity contribution in [2.45, 2.75) is 186 Å². The van der Waals surface area contributed by atoms with Crippen LogP contribution < -0.4 is 0 Å². The molecule has 5 aliphatic rings. The van der Waals surface area contributed by atoms with Crippen molar-refractivity contribution < 1.29 is 67.3 Å². The fourth-order valence-corrected chi connectivity index (χ4v) is 10.8. The number of allylic oxidation sites excluding steroid dienone is 6. The molecule has 0 aromatic rings. The summed E-state index contributed by atoms with van der Waals surface area (Å²) >= 11 is 0. The first-order valence-electron chi connectivity index (χ1n) is 24.6. The predicted molar refractivity (Wildman–Crippen MR) is 249 cm³/mol. The summed E-state index contributed by atoms with van der Waals surface area (Å²) in [7, 11) is 4.71. The molecule has 0 aromatic carbocycles. The Labute approximate surface area is 398 Å². The van der Waals surface area contributed by atoms with Gasteiger partial charge in [-0.25, -0.2) is 9.59 Å². The van der Waals surface area contributed by atoms with E-state index in [1.165, 1.54) is 4.90 Å². The van der Waals surface area contributed by atoms with Crippen LogP contribution >= 0.6 is 0 Å². The zero-order chi connectivity index (χ0) is 49.2. The third-order valence-electron chi connectivity index (χ3n) is 15.1. The van der Waals surface area contributed by atoms with Crippen LogP contribution in [0.3, 0.4) is 0 Å². The molecule has 1 amide bonds. The average Bonchev–Trinajstić information content (AvgIpc) is 3.30.